The Bertz CT molecular complexity index is 1080. The molecule has 2 saturated heterocycles. The van der Waals surface area contributed by atoms with Gasteiger partial charge >= 0.3 is 6.03 Å². The summed E-state index contributed by atoms with van der Waals surface area (Å²) in [5.74, 6) is -3.05. The van der Waals surface area contributed by atoms with Crippen LogP contribution in [0.1, 0.15) is 23.0 Å². The zero-order valence-electron chi connectivity index (χ0n) is 17.1. The molecule has 2 aromatic rings. The van der Waals surface area contributed by atoms with E-state index in [1.54, 1.807) is 17.0 Å². The molecule has 1 aromatic carbocycles. The number of urea groups is 1. The number of amides is 5. The summed E-state index contributed by atoms with van der Waals surface area (Å²) in [4.78, 5) is 54.0. The molecule has 2 aliphatic rings. The summed E-state index contributed by atoms with van der Waals surface area (Å²) in [5.41, 5.74) is -2.16. The minimum Gasteiger partial charge on any atom is -0.459 e. The molecule has 2 fully saturated rings. The third-order valence-electron chi connectivity index (χ3n) is 5.69. The minimum absolute atomic E-state index is 0.202. The van der Waals surface area contributed by atoms with E-state index in [0.717, 1.165) is 18.2 Å². The topological polar surface area (TPSA) is 103 Å². The molecule has 0 radical (unpaired) electrons. The minimum atomic E-state index is -1.84. The van der Waals surface area contributed by atoms with Crippen LogP contribution < -0.4 is 5.32 Å². The van der Waals surface area contributed by atoms with Gasteiger partial charge in [0.25, 0.3) is 11.8 Å². The molecule has 1 aromatic heterocycles. The Kier molecular flexibility index (Phi) is 5.41. The van der Waals surface area contributed by atoms with Crippen molar-refractivity contribution in [1.29, 1.82) is 0 Å². The van der Waals surface area contributed by atoms with Crippen molar-refractivity contribution in [3.63, 3.8) is 0 Å². The van der Waals surface area contributed by atoms with Gasteiger partial charge in [-0.25, -0.2) is 13.6 Å². The molecule has 168 valence electrons. The number of hydrogen-bond donors (Lipinski definition) is 1. The lowest BCUT2D eigenvalue weighted by Crippen LogP contribution is -2.53. The molecule has 11 heteroatoms. The molecule has 5 amide bonds. The number of benzene rings is 1. The highest BCUT2D eigenvalue weighted by Crippen LogP contribution is 2.31. The van der Waals surface area contributed by atoms with Gasteiger partial charge in [-0.1, -0.05) is 0 Å². The smallest absolute Gasteiger partial charge is 0.325 e. The number of furan rings is 1. The van der Waals surface area contributed by atoms with Gasteiger partial charge in [0.2, 0.25) is 5.91 Å². The van der Waals surface area contributed by atoms with Crippen LogP contribution in [0.5, 0.6) is 0 Å². The Morgan fingerprint density at radius 3 is 2.44 bits per heavy atom. The number of carbonyl (C=O) groups is 4. The summed E-state index contributed by atoms with van der Waals surface area (Å²) in [6.45, 7) is 1.66. The molecular formula is C21H20F2N4O5. The van der Waals surface area contributed by atoms with E-state index in [1.807, 2.05) is 0 Å². The first-order valence-electron chi connectivity index (χ1n) is 9.91. The normalized spacial score (nSPS) is 21.2. The first kappa shape index (κ1) is 21.5. The Hall–Kier alpha value is -3.76. The standard InChI is InChI=1S/C21H20F2N4O5/c1-21(14-11-13(22)4-5-15(14)23)19(30)27(20(31)24-21)12-17(28)25-6-8-26(9-7-25)18(29)16-3-2-10-32-16/h2-5,10-11H,6-9,12H2,1H3,(H,24,31)/t21-/m0/s1. The highest BCUT2D eigenvalue weighted by Gasteiger charge is 2.51. The van der Waals surface area contributed by atoms with Gasteiger partial charge in [0, 0.05) is 31.7 Å². The van der Waals surface area contributed by atoms with E-state index in [9.17, 15) is 28.0 Å². The zero-order valence-corrected chi connectivity index (χ0v) is 17.1. The second-order valence-corrected chi connectivity index (χ2v) is 7.72. The van der Waals surface area contributed by atoms with Gasteiger partial charge in [-0.3, -0.25) is 19.3 Å². The summed E-state index contributed by atoms with van der Waals surface area (Å²) in [7, 11) is 0. The number of piperazine rings is 1. The molecule has 0 aliphatic carbocycles. The molecular weight excluding hydrogens is 426 g/mol. The fraction of sp³-hybridized carbons (Fsp3) is 0.333. The van der Waals surface area contributed by atoms with E-state index in [-0.39, 0.29) is 43.4 Å². The number of hydrogen-bond acceptors (Lipinski definition) is 5. The predicted octanol–water partition coefficient (Wildman–Crippen LogP) is 1.31. The van der Waals surface area contributed by atoms with Crippen LogP contribution in [0.4, 0.5) is 13.6 Å². The van der Waals surface area contributed by atoms with Crippen molar-refractivity contribution in [3.8, 4) is 0 Å². The van der Waals surface area contributed by atoms with Crippen molar-refractivity contribution < 1.29 is 32.4 Å². The third kappa shape index (κ3) is 3.70. The van der Waals surface area contributed by atoms with Gasteiger partial charge in [-0.05, 0) is 37.3 Å². The summed E-state index contributed by atoms with van der Waals surface area (Å²) in [6.07, 6.45) is 1.40. The van der Waals surface area contributed by atoms with Crippen molar-refractivity contribution in [2.24, 2.45) is 0 Å². The average Bonchev–Trinajstić information content (AvgIpc) is 3.39. The van der Waals surface area contributed by atoms with Crippen LogP contribution in [0.25, 0.3) is 0 Å². The number of nitrogens with one attached hydrogen (secondary N) is 1. The van der Waals surface area contributed by atoms with Gasteiger partial charge in [-0.15, -0.1) is 0 Å². The largest absolute Gasteiger partial charge is 0.459 e. The number of halogens is 2. The molecule has 9 nitrogen and oxygen atoms in total. The lowest BCUT2D eigenvalue weighted by Gasteiger charge is -2.34. The van der Waals surface area contributed by atoms with Crippen LogP contribution in [0.15, 0.2) is 41.0 Å². The molecule has 1 atom stereocenters. The van der Waals surface area contributed by atoms with Crippen molar-refractivity contribution in [2.75, 3.05) is 32.7 Å². The van der Waals surface area contributed by atoms with Crippen LogP contribution in [0.3, 0.4) is 0 Å². The van der Waals surface area contributed by atoms with E-state index in [2.05, 4.69) is 5.32 Å². The van der Waals surface area contributed by atoms with Crippen LogP contribution >= 0.6 is 0 Å². The molecule has 3 heterocycles. The lowest BCUT2D eigenvalue weighted by atomic mass is 9.91. The number of imide groups is 1. The SMILES string of the molecule is C[C@@]1(c2cc(F)ccc2F)NC(=O)N(CC(=O)N2CCN(C(=O)c3ccco3)CC2)C1=O. The summed E-state index contributed by atoms with van der Waals surface area (Å²) in [6, 6.07) is 4.90. The fourth-order valence-corrected chi connectivity index (χ4v) is 3.85. The molecule has 0 bridgehead atoms. The van der Waals surface area contributed by atoms with Gasteiger partial charge in [-0.2, -0.15) is 0 Å². The van der Waals surface area contributed by atoms with Crippen LogP contribution in [-0.2, 0) is 15.1 Å². The summed E-state index contributed by atoms with van der Waals surface area (Å²) >= 11 is 0. The Balaban J connectivity index is 1.41. The molecule has 1 N–H and O–H groups in total. The van der Waals surface area contributed by atoms with Crippen LogP contribution in [-0.4, -0.2) is 71.2 Å². The lowest BCUT2D eigenvalue weighted by molar-refractivity contribution is -0.139. The predicted molar refractivity (Wildman–Crippen MR) is 105 cm³/mol. The van der Waals surface area contributed by atoms with E-state index < -0.39 is 41.6 Å². The summed E-state index contributed by atoms with van der Waals surface area (Å²) in [5, 5.41) is 2.36. The van der Waals surface area contributed by atoms with Gasteiger partial charge in [0.05, 0.1) is 6.26 Å². The van der Waals surface area contributed by atoms with Crippen LogP contribution in [0.2, 0.25) is 0 Å². The molecule has 32 heavy (non-hydrogen) atoms. The highest BCUT2D eigenvalue weighted by atomic mass is 19.1. The Morgan fingerprint density at radius 1 is 1.09 bits per heavy atom. The van der Waals surface area contributed by atoms with Gasteiger partial charge in [0.1, 0.15) is 23.7 Å². The quantitative estimate of drug-likeness (QED) is 0.714. The first-order chi connectivity index (χ1) is 15.2. The number of carbonyl (C=O) groups excluding carboxylic acids is 4. The first-order valence-corrected chi connectivity index (χ1v) is 9.91. The van der Waals surface area contributed by atoms with Crippen molar-refractivity contribution >= 4 is 23.8 Å². The third-order valence-corrected chi connectivity index (χ3v) is 5.69. The number of nitrogens with zero attached hydrogens (tertiary/aromatic N) is 3. The Labute approximate surface area is 181 Å². The average molecular weight is 446 g/mol. The Morgan fingerprint density at radius 2 is 1.78 bits per heavy atom. The van der Waals surface area contributed by atoms with Crippen LogP contribution in [0, 0.1) is 11.6 Å². The van der Waals surface area contributed by atoms with Crippen molar-refractivity contribution in [1.82, 2.24) is 20.0 Å². The van der Waals surface area contributed by atoms with E-state index >= 15 is 0 Å². The van der Waals surface area contributed by atoms with Crippen molar-refractivity contribution in [3.05, 3.63) is 59.6 Å². The maximum Gasteiger partial charge on any atom is 0.325 e. The maximum absolute atomic E-state index is 14.2. The molecule has 4 rings (SSSR count). The zero-order chi connectivity index (χ0) is 23.0. The highest BCUT2D eigenvalue weighted by molar-refractivity contribution is 6.09. The maximum atomic E-state index is 14.2. The number of rotatable bonds is 4. The second kappa shape index (κ2) is 8.06. The molecule has 0 unspecified atom stereocenters. The van der Waals surface area contributed by atoms with Gasteiger partial charge in [0.15, 0.2) is 5.76 Å². The molecule has 0 saturated carbocycles. The monoisotopic (exact) mass is 446 g/mol. The van der Waals surface area contributed by atoms with E-state index in [0.29, 0.717) is 4.90 Å². The fourth-order valence-electron chi connectivity index (χ4n) is 3.85. The van der Waals surface area contributed by atoms with Gasteiger partial charge < -0.3 is 19.5 Å². The van der Waals surface area contributed by atoms with Crippen molar-refractivity contribution in [2.45, 2.75) is 12.5 Å². The molecule has 2 aliphatic heterocycles. The molecule has 0 spiro atoms. The van der Waals surface area contributed by atoms with E-state index in [1.165, 1.54) is 18.1 Å². The second-order valence-electron chi connectivity index (χ2n) is 7.72. The summed E-state index contributed by atoms with van der Waals surface area (Å²) < 4.78 is 33.0. The van der Waals surface area contributed by atoms with E-state index in [4.69, 9.17) is 4.42 Å².